The molecular formula is C15H24N2O2. The molecule has 0 aromatic carbocycles. The minimum absolute atomic E-state index is 0.0601. The van der Waals surface area contributed by atoms with E-state index in [4.69, 9.17) is 0 Å². The van der Waals surface area contributed by atoms with Crippen LogP contribution >= 0.6 is 0 Å². The van der Waals surface area contributed by atoms with E-state index in [0.717, 1.165) is 12.3 Å². The Balaban J connectivity index is 1.76. The van der Waals surface area contributed by atoms with Gasteiger partial charge in [0.05, 0.1) is 12.5 Å². The number of hydrogen-bond acceptors (Lipinski definition) is 3. The maximum atomic E-state index is 12.0. The zero-order valence-electron chi connectivity index (χ0n) is 12.3. The van der Waals surface area contributed by atoms with E-state index in [1.54, 1.807) is 7.05 Å². The molecule has 4 unspecified atom stereocenters. The van der Waals surface area contributed by atoms with Crippen LogP contribution in [0, 0.1) is 16.7 Å². The molecule has 3 rings (SSSR count). The van der Waals surface area contributed by atoms with Crippen molar-refractivity contribution in [2.24, 2.45) is 16.7 Å². The summed E-state index contributed by atoms with van der Waals surface area (Å²) in [4.78, 5) is 24.9. The Morgan fingerprint density at radius 1 is 1.26 bits per heavy atom. The molecule has 4 heteroatoms. The lowest BCUT2D eigenvalue weighted by Crippen LogP contribution is -2.50. The van der Waals surface area contributed by atoms with Crippen molar-refractivity contribution in [3.05, 3.63) is 0 Å². The molecule has 4 nitrogen and oxygen atoms in total. The lowest BCUT2D eigenvalue weighted by molar-refractivity contribution is -0.137. The molecule has 0 aromatic heterocycles. The van der Waals surface area contributed by atoms with E-state index in [2.05, 4.69) is 26.1 Å². The summed E-state index contributed by atoms with van der Waals surface area (Å²) in [5.74, 6) is 0.629. The van der Waals surface area contributed by atoms with Crippen molar-refractivity contribution in [1.82, 2.24) is 10.2 Å². The maximum Gasteiger partial charge on any atom is 0.246 e. The molecule has 2 aliphatic carbocycles. The summed E-state index contributed by atoms with van der Waals surface area (Å²) in [7, 11) is 1.58. The van der Waals surface area contributed by atoms with Crippen LogP contribution in [0.4, 0.5) is 0 Å². The zero-order chi connectivity index (χ0) is 14.0. The molecule has 1 N–H and O–H groups in total. The van der Waals surface area contributed by atoms with E-state index in [-0.39, 0.29) is 23.3 Å². The quantitative estimate of drug-likeness (QED) is 0.770. The first-order valence-electron chi connectivity index (χ1n) is 7.34. The third-order valence-electron chi connectivity index (χ3n) is 6.58. The Labute approximate surface area is 114 Å². The first-order chi connectivity index (χ1) is 8.77. The Morgan fingerprint density at radius 3 is 2.37 bits per heavy atom. The third-order valence-corrected chi connectivity index (χ3v) is 6.58. The molecule has 0 radical (unpaired) electrons. The van der Waals surface area contributed by atoms with Gasteiger partial charge >= 0.3 is 0 Å². The molecule has 1 heterocycles. The predicted molar refractivity (Wildman–Crippen MR) is 72.3 cm³/mol. The first kappa shape index (κ1) is 13.1. The Bertz CT molecular complexity index is 445. The van der Waals surface area contributed by atoms with Crippen LogP contribution in [0.25, 0.3) is 0 Å². The smallest absolute Gasteiger partial charge is 0.246 e. The van der Waals surface area contributed by atoms with E-state index < -0.39 is 0 Å². The van der Waals surface area contributed by atoms with Gasteiger partial charge in [0.2, 0.25) is 11.8 Å². The van der Waals surface area contributed by atoms with Crippen molar-refractivity contribution in [3.63, 3.8) is 0 Å². The number of likely N-dealkylation sites (tertiary alicyclic amines) is 1. The summed E-state index contributed by atoms with van der Waals surface area (Å²) in [5, 5.41) is 3.50. The van der Waals surface area contributed by atoms with Gasteiger partial charge in [-0.1, -0.05) is 20.8 Å². The Kier molecular flexibility index (Phi) is 2.63. The minimum atomic E-state index is -0.297. The number of amides is 2. The van der Waals surface area contributed by atoms with Gasteiger partial charge in [-0.3, -0.25) is 14.5 Å². The standard InChI is InChI=1S/C15H24N2O2/c1-14(2)9-5-6-15(14,3)11(7-9)16-10-8-12(18)17(4)13(10)19/h9-11,16H,5-8H2,1-4H3. The first-order valence-corrected chi connectivity index (χ1v) is 7.34. The molecule has 2 bridgehead atoms. The highest BCUT2D eigenvalue weighted by atomic mass is 16.2. The fourth-order valence-electron chi connectivity index (χ4n) is 4.58. The number of rotatable bonds is 2. The van der Waals surface area contributed by atoms with Crippen LogP contribution in [0.3, 0.4) is 0 Å². The normalized spacial score (nSPS) is 44.4. The average Bonchev–Trinajstić information content (AvgIpc) is 2.79. The molecule has 4 atom stereocenters. The third kappa shape index (κ3) is 1.55. The zero-order valence-corrected chi connectivity index (χ0v) is 12.3. The van der Waals surface area contributed by atoms with Crippen molar-refractivity contribution in [2.45, 2.75) is 58.5 Å². The van der Waals surface area contributed by atoms with Gasteiger partial charge in [0.15, 0.2) is 0 Å². The fourth-order valence-corrected chi connectivity index (χ4v) is 4.58. The maximum absolute atomic E-state index is 12.0. The topological polar surface area (TPSA) is 49.4 Å². The second kappa shape index (κ2) is 3.81. The molecule has 3 aliphatic rings. The van der Waals surface area contributed by atoms with Crippen LogP contribution in [-0.4, -0.2) is 35.8 Å². The van der Waals surface area contributed by atoms with Gasteiger partial charge in [0, 0.05) is 13.1 Å². The monoisotopic (exact) mass is 264 g/mol. The largest absolute Gasteiger partial charge is 0.302 e. The van der Waals surface area contributed by atoms with Crippen LogP contribution < -0.4 is 5.32 Å². The van der Waals surface area contributed by atoms with Crippen molar-refractivity contribution in [3.8, 4) is 0 Å². The van der Waals surface area contributed by atoms with Crippen LogP contribution in [0.5, 0.6) is 0 Å². The summed E-state index contributed by atoms with van der Waals surface area (Å²) >= 11 is 0. The molecule has 1 saturated heterocycles. The molecule has 2 amide bonds. The van der Waals surface area contributed by atoms with Crippen molar-refractivity contribution < 1.29 is 9.59 Å². The molecular weight excluding hydrogens is 240 g/mol. The number of nitrogens with one attached hydrogen (secondary N) is 1. The number of nitrogens with zero attached hydrogens (tertiary/aromatic N) is 1. The second-order valence-electron chi connectivity index (χ2n) is 7.38. The highest BCUT2D eigenvalue weighted by Gasteiger charge is 2.61. The highest BCUT2D eigenvalue weighted by molar-refractivity contribution is 6.05. The van der Waals surface area contributed by atoms with Gasteiger partial charge in [-0.2, -0.15) is 0 Å². The molecule has 106 valence electrons. The molecule has 19 heavy (non-hydrogen) atoms. The number of imide groups is 1. The van der Waals surface area contributed by atoms with Gasteiger partial charge in [0.1, 0.15) is 0 Å². The number of carbonyl (C=O) groups is 2. The van der Waals surface area contributed by atoms with Crippen LogP contribution in [0.15, 0.2) is 0 Å². The number of fused-ring (bicyclic) bond motifs is 2. The van der Waals surface area contributed by atoms with E-state index >= 15 is 0 Å². The minimum Gasteiger partial charge on any atom is -0.302 e. The van der Waals surface area contributed by atoms with E-state index in [1.807, 2.05) is 0 Å². The molecule has 3 fully saturated rings. The number of likely N-dealkylation sites (N-methyl/N-ethyl adjacent to an activating group) is 1. The predicted octanol–water partition coefficient (Wildman–Crippen LogP) is 1.55. The summed E-state index contributed by atoms with van der Waals surface area (Å²) in [6, 6.07) is 0.0731. The van der Waals surface area contributed by atoms with Gasteiger partial charge < -0.3 is 5.32 Å². The van der Waals surface area contributed by atoms with Crippen molar-refractivity contribution in [1.29, 1.82) is 0 Å². The van der Waals surface area contributed by atoms with Crippen LogP contribution in [0.1, 0.15) is 46.5 Å². The average molecular weight is 264 g/mol. The highest BCUT2D eigenvalue weighted by Crippen LogP contribution is 2.65. The molecule has 2 saturated carbocycles. The van der Waals surface area contributed by atoms with Gasteiger partial charge in [0.25, 0.3) is 0 Å². The van der Waals surface area contributed by atoms with Gasteiger partial charge in [-0.15, -0.1) is 0 Å². The van der Waals surface area contributed by atoms with E-state index in [9.17, 15) is 9.59 Å². The molecule has 0 aromatic rings. The second-order valence-corrected chi connectivity index (χ2v) is 7.38. The molecule has 0 spiro atoms. The fraction of sp³-hybridized carbons (Fsp3) is 0.867. The van der Waals surface area contributed by atoms with Gasteiger partial charge in [-0.05, 0) is 36.0 Å². The summed E-state index contributed by atoms with van der Waals surface area (Å²) in [6.45, 7) is 7.07. The Hall–Kier alpha value is -0.900. The van der Waals surface area contributed by atoms with E-state index in [0.29, 0.717) is 17.9 Å². The lowest BCUT2D eigenvalue weighted by Gasteiger charge is -2.40. The Morgan fingerprint density at radius 2 is 1.95 bits per heavy atom. The molecule has 1 aliphatic heterocycles. The summed E-state index contributed by atoms with van der Waals surface area (Å²) < 4.78 is 0. The summed E-state index contributed by atoms with van der Waals surface area (Å²) in [6.07, 6.45) is 4.00. The lowest BCUT2D eigenvalue weighted by atomic mass is 9.69. The van der Waals surface area contributed by atoms with Crippen molar-refractivity contribution in [2.75, 3.05) is 7.05 Å². The van der Waals surface area contributed by atoms with Crippen LogP contribution in [-0.2, 0) is 9.59 Å². The summed E-state index contributed by atoms with van der Waals surface area (Å²) in [5.41, 5.74) is 0.588. The number of hydrogen-bond donors (Lipinski definition) is 1. The van der Waals surface area contributed by atoms with Crippen molar-refractivity contribution >= 4 is 11.8 Å². The van der Waals surface area contributed by atoms with Crippen LogP contribution in [0.2, 0.25) is 0 Å². The van der Waals surface area contributed by atoms with Gasteiger partial charge in [-0.25, -0.2) is 0 Å². The number of carbonyl (C=O) groups excluding carboxylic acids is 2. The SMILES string of the molecule is CN1C(=O)CC(NC2CC3CCC2(C)C3(C)C)C1=O. The van der Waals surface area contributed by atoms with E-state index in [1.165, 1.54) is 17.7 Å².